The predicted octanol–water partition coefficient (Wildman–Crippen LogP) is 2.84. The Morgan fingerprint density at radius 1 is 1.29 bits per heavy atom. The average Bonchev–Trinajstić information content (AvgIpc) is 2.14. The summed E-state index contributed by atoms with van der Waals surface area (Å²) in [5.41, 5.74) is 0. The van der Waals surface area contributed by atoms with Gasteiger partial charge in [-0.2, -0.15) is 0 Å². The molecule has 3 nitrogen and oxygen atoms in total. The number of hydrogen-bond donors (Lipinski definition) is 2. The molecular weight excluding hydrogens is 246 g/mol. The van der Waals surface area contributed by atoms with Crippen LogP contribution in [-0.4, -0.2) is 23.2 Å². The number of aromatic nitrogens is 1. The molecule has 1 rings (SSSR count). The number of nitrogens with zero attached hydrogens (tertiary/aromatic N) is 1. The second kappa shape index (κ2) is 5.61. The van der Waals surface area contributed by atoms with Gasteiger partial charge in [0, 0.05) is 13.2 Å². The van der Waals surface area contributed by atoms with Crippen LogP contribution in [0.1, 0.15) is 6.42 Å². The number of rotatable bonds is 4. The van der Waals surface area contributed by atoms with Gasteiger partial charge in [-0.3, -0.25) is 0 Å². The van der Waals surface area contributed by atoms with E-state index in [9.17, 15) is 0 Å². The number of aliphatic hydroxyl groups is 1. The molecule has 0 bridgehead atoms. The van der Waals surface area contributed by atoms with Crippen LogP contribution in [0.25, 0.3) is 0 Å². The monoisotopic (exact) mass is 254 g/mol. The van der Waals surface area contributed by atoms with Crippen molar-refractivity contribution in [3.63, 3.8) is 0 Å². The van der Waals surface area contributed by atoms with Gasteiger partial charge in [-0.1, -0.05) is 34.8 Å². The van der Waals surface area contributed by atoms with Gasteiger partial charge in [0.15, 0.2) is 0 Å². The van der Waals surface area contributed by atoms with Gasteiger partial charge < -0.3 is 10.4 Å². The lowest BCUT2D eigenvalue weighted by molar-refractivity contribution is 0.292. The van der Waals surface area contributed by atoms with Crippen molar-refractivity contribution in [2.45, 2.75) is 6.42 Å². The summed E-state index contributed by atoms with van der Waals surface area (Å²) in [6.45, 7) is 0.702. The van der Waals surface area contributed by atoms with Crippen molar-refractivity contribution in [3.05, 3.63) is 21.3 Å². The average molecular weight is 256 g/mol. The molecule has 14 heavy (non-hydrogen) atoms. The van der Waals surface area contributed by atoms with E-state index < -0.39 is 0 Å². The van der Waals surface area contributed by atoms with Crippen molar-refractivity contribution in [3.8, 4) is 0 Å². The highest BCUT2D eigenvalue weighted by molar-refractivity contribution is 6.42. The van der Waals surface area contributed by atoms with Gasteiger partial charge >= 0.3 is 0 Å². The van der Waals surface area contributed by atoms with E-state index in [2.05, 4.69) is 10.3 Å². The zero-order valence-corrected chi connectivity index (χ0v) is 9.49. The fraction of sp³-hybridized carbons (Fsp3) is 0.375. The van der Waals surface area contributed by atoms with E-state index in [1.54, 1.807) is 0 Å². The second-order valence-electron chi connectivity index (χ2n) is 2.60. The molecule has 0 fully saturated rings. The zero-order chi connectivity index (χ0) is 10.6. The normalized spacial score (nSPS) is 10.3. The summed E-state index contributed by atoms with van der Waals surface area (Å²) in [6, 6.07) is 1.53. The number of pyridine rings is 1. The predicted molar refractivity (Wildman–Crippen MR) is 59.5 cm³/mol. The van der Waals surface area contributed by atoms with Crippen molar-refractivity contribution in [2.75, 3.05) is 18.5 Å². The van der Waals surface area contributed by atoms with Crippen molar-refractivity contribution >= 4 is 40.6 Å². The standard InChI is InChI=1S/C8H9Cl3N2O/c9-5-4-6(10)8(13-7(5)11)12-2-1-3-14/h4,14H,1-3H2,(H,12,13). The van der Waals surface area contributed by atoms with E-state index in [0.717, 1.165) is 0 Å². The first-order chi connectivity index (χ1) is 6.65. The molecule has 1 aromatic heterocycles. The SMILES string of the molecule is OCCCNc1nc(Cl)c(Cl)cc1Cl. The van der Waals surface area contributed by atoms with Crippen LogP contribution in [0.3, 0.4) is 0 Å². The maximum atomic E-state index is 8.57. The quantitative estimate of drug-likeness (QED) is 0.642. The first-order valence-electron chi connectivity index (χ1n) is 4.01. The molecule has 0 unspecified atom stereocenters. The van der Waals surface area contributed by atoms with Crippen LogP contribution in [0.15, 0.2) is 6.07 Å². The van der Waals surface area contributed by atoms with E-state index in [1.807, 2.05) is 0 Å². The number of hydrogen-bond acceptors (Lipinski definition) is 3. The van der Waals surface area contributed by atoms with Gasteiger partial charge in [0.25, 0.3) is 0 Å². The highest BCUT2D eigenvalue weighted by Crippen LogP contribution is 2.28. The maximum Gasteiger partial charge on any atom is 0.150 e. The molecule has 0 saturated heterocycles. The summed E-state index contributed by atoms with van der Waals surface area (Å²) in [4.78, 5) is 3.95. The van der Waals surface area contributed by atoms with Crippen LogP contribution in [0.5, 0.6) is 0 Å². The van der Waals surface area contributed by atoms with Crippen molar-refractivity contribution in [2.24, 2.45) is 0 Å². The minimum absolute atomic E-state index is 0.117. The fourth-order valence-corrected chi connectivity index (χ4v) is 1.42. The van der Waals surface area contributed by atoms with Crippen LogP contribution < -0.4 is 5.32 Å². The van der Waals surface area contributed by atoms with Gasteiger partial charge in [0.1, 0.15) is 11.0 Å². The Bertz CT molecular complexity index is 320. The van der Waals surface area contributed by atoms with Crippen LogP contribution in [0, 0.1) is 0 Å². The molecule has 0 atom stereocenters. The van der Waals surface area contributed by atoms with Crippen molar-refractivity contribution in [1.82, 2.24) is 4.98 Å². The minimum Gasteiger partial charge on any atom is -0.396 e. The number of aliphatic hydroxyl groups excluding tert-OH is 1. The van der Waals surface area contributed by atoms with E-state index in [-0.39, 0.29) is 11.8 Å². The van der Waals surface area contributed by atoms with Crippen LogP contribution in [0.2, 0.25) is 15.2 Å². The molecular formula is C8H9Cl3N2O. The molecule has 1 aromatic rings. The third-order valence-corrected chi connectivity index (χ3v) is 2.48. The third-order valence-electron chi connectivity index (χ3n) is 1.51. The van der Waals surface area contributed by atoms with Crippen LogP contribution in [-0.2, 0) is 0 Å². The van der Waals surface area contributed by atoms with E-state index in [4.69, 9.17) is 39.9 Å². The molecule has 0 radical (unpaired) electrons. The minimum atomic E-state index is 0.117. The fourth-order valence-electron chi connectivity index (χ4n) is 0.854. The van der Waals surface area contributed by atoms with Crippen molar-refractivity contribution in [1.29, 1.82) is 0 Å². The smallest absolute Gasteiger partial charge is 0.150 e. The van der Waals surface area contributed by atoms with Crippen LogP contribution in [0.4, 0.5) is 5.82 Å². The molecule has 2 N–H and O–H groups in total. The summed E-state index contributed by atoms with van der Waals surface area (Å²) in [6.07, 6.45) is 0.623. The second-order valence-corrected chi connectivity index (χ2v) is 3.77. The number of nitrogens with one attached hydrogen (secondary N) is 1. The first kappa shape index (κ1) is 11.9. The Kier molecular flexibility index (Phi) is 4.75. The van der Waals surface area contributed by atoms with E-state index in [1.165, 1.54) is 6.07 Å². The molecule has 0 aromatic carbocycles. The first-order valence-corrected chi connectivity index (χ1v) is 5.15. The zero-order valence-electron chi connectivity index (χ0n) is 7.23. The lowest BCUT2D eigenvalue weighted by atomic mass is 10.4. The van der Waals surface area contributed by atoms with Crippen molar-refractivity contribution < 1.29 is 5.11 Å². The molecule has 0 amide bonds. The molecule has 6 heteroatoms. The van der Waals surface area contributed by atoms with Gasteiger partial charge in [0.05, 0.1) is 10.0 Å². The molecule has 1 heterocycles. The Labute approximate surface area is 97.0 Å². The number of halogens is 3. The highest BCUT2D eigenvalue weighted by Gasteiger charge is 2.06. The summed E-state index contributed by atoms with van der Waals surface area (Å²) in [7, 11) is 0. The topological polar surface area (TPSA) is 45.1 Å². The largest absolute Gasteiger partial charge is 0.396 e. The highest BCUT2D eigenvalue weighted by atomic mass is 35.5. The molecule has 78 valence electrons. The Morgan fingerprint density at radius 2 is 2.00 bits per heavy atom. The molecule has 0 aliphatic carbocycles. The van der Waals surface area contributed by atoms with E-state index in [0.29, 0.717) is 28.8 Å². The maximum absolute atomic E-state index is 8.57. The molecule has 0 spiro atoms. The van der Waals surface area contributed by atoms with Crippen LogP contribution >= 0.6 is 34.8 Å². The Balaban J connectivity index is 2.72. The van der Waals surface area contributed by atoms with Gasteiger partial charge in [-0.05, 0) is 12.5 Å². The Hall–Kier alpha value is -0.220. The third kappa shape index (κ3) is 3.17. The van der Waals surface area contributed by atoms with Gasteiger partial charge in [0.2, 0.25) is 0 Å². The summed E-state index contributed by atoms with van der Waals surface area (Å²) >= 11 is 17.3. The molecule has 0 aliphatic rings. The van der Waals surface area contributed by atoms with Gasteiger partial charge in [-0.25, -0.2) is 4.98 Å². The lowest BCUT2D eigenvalue weighted by Crippen LogP contribution is -2.05. The lowest BCUT2D eigenvalue weighted by Gasteiger charge is -2.07. The summed E-state index contributed by atoms with van der Waals surface area (Å²) in [5.74, 6) is 0.481. The summed E-state index contributed by atoms with van der Waals surface area (Å²) in [5, 5.41) is 12.5. The summed E-state index contributed by atoms with van der Waals surface area (Å²) < 4.78 is 0. The molecule has 0 saturated carbocycles. The molecule has 0 aliphatic heterocycles. The number of anilines is 1. The van der Waals surface area contributed by atoms with E-state index >= 15 is 0 Å². The Morgan fingerprint density at radius 3 is 2.64 bits per heavy atom. The van der Waals surface area contributed by atoms with Gasteiger partial charge in [-0.15, -0.1) is 0 Å².